The van der Waals surface area contributed by atoms with Crippen molar-refractivity contribution in [2.45, 2.75) is 37.0 Å². The Morgan fingerprint density at radius 2 is 1.34 bits per heavy atom. The second-order valence-corrected chi connectivity index (χ2v) is 8.64. The van der Waals surface area contributed by atoms with Gasteiger partial charge in [-0.05, 0) is 60.7 Å². The molecule has 198 valence electrons. The Labute approximate surface area is 214 Å². The summed E-state index contributed by atoms with van der Waals surface area (Å²) in [4.78, 5) is 25.7. The lowest BCUT2D eigenvalue weighted by atomic mass is 9.97. The zero-order chi connectivity index (χ0) is 26.8. The zero-order valence-corrected chi connectivity index (χ0v) is 19.5. The Morgan fingerprint density at radius 1 is 0.763 bits per heavy atom. The van der Waals surface area contributed by atoms with Crippen molar-refractivity contribution >= 4 is 11.9 Å². The van der Waals surface area contributed by atoms with Crippen LogP contribution < -0.4 is 0 Å². The van der Waals surface area contributed by atoms with Gasteiger partial charge >= 0.3 is 11.9 Å². The number of aliphatic hydroxyl groups excluding tert-OH is 1. The summed E-state index contributed by atoms with van der Waals surface area (Å²) >= 11 is 0. The molecule has 2 aliphatic rings. The quantitative estimate of drug-likeness (QED) is 0.499. The Hall–Kier alpha value is -3.77. The highest BCUT2D eigenvalue weighted by molar-refractivity contribution is 5.90. The van der Waals surface area contributed by atoms with Gasteiger partial charge in [0.25, 0.3) is 0 Å². The number of hydrogen-bond donors (Lipinski definition) is 1. The molecule has 11 heteroatoms. The molecule has 0 aliphatic carbocycles. The van der Waals surface area contributed by atoms with Crippen molar-refractivity contribution in [2.24, 2.45) is 0 Å². The van der Waals surface area contributed by atoms with Gasteiger partial charge in [-0.3, -0.25) is 0 Å². The summed E-state index contributed by atoms with van der Waals surface area (Å²) in [5, 5.41) is 10.7. The van der Waals surface area contributed by atoms with Crippen molar-refractivity contribution < 1.29 is 51.6 Å². The fourth-order valence-electron chi connectivity index (χ4n) is 4.20. The van der Waals surface area contributed by atoms with E-state index in [4.69, 9.17) is 23.7 Å². The van der Waals surface area contributed by atoms with Crippen molar-refractivity contribution in [3.05, 3.63) is 107 Å². The molecule has 3 aromatic carbocycles. The Bertz CT molecular complexity index is 1300. The van der Waals surface area contributed by atoms with Gasteiger partial charge in [0.05, 0.1) is 17.7 Å². The van der Waals surface area contributed by atoms with E-state index in [0.717, 1.165) is 24.3 Å². The Kier molecular flexibility index (Phi) is 7.43. The number of benzene rings is 3. The summed E-state index contributed by atoms with van der Waals surface area (Å²) in [6.45, 7) is -0.133. The first-order valence-electron chi connectivity index (χ1n) is 11.6. The van der Waals surface area contributed by atoms with E-state index in [1.54, 1.807) is 6.07 Å². The number of aliphatic hydroxyl groups is 1. The van der Waals surface area contributed by atoms with E-state index in [9.17, 15) is 27.9 Å². The van der Waals surface area contributed by atoms with Gasteiger partial charge in [-0.25, -0.2) is 22.8 Å². The number of halogens is 3. The first kappa shape index (κ1) is 25.9. The summed E-state index contributed by atoms with van der Waals surface area (Å²) in [6.07, 6.45) is -7.94. The molecule has 1 unspecified atom stereocenters. The average molecular weight is 530 g/mol. The molecule has 6 atom stereocenters. The third kappa shape index (κ3) is 5.55. The van der Waals surface area contributed by atoms with Crippen LogP contribution >= 0.6 is 0 Å². The topological polar surface area (TPSA) is 101 Å². The van der Waals surface area contributed by atoms with E-state index in [2.05, 4.69) is 0 Å². The smallest absolute Gasteiger partial charge is 0.338 e. The number of carbonyl (C=O) groups is 2. The summed E-state index contributed by atoms with van der Waals surface area (Å²) < 4.78 is 68.7. The summed E-state index contributed by atoms with van der Waals surface area (Å²) in [5.41, 5.74) is 0.286. The van der Waals surface area contributed by atoms with Gasteiger partial charge in [-0.2, -0.15) is 0 Å². The van der Waals surface area contributed by atoms with Crippen molar-refractivity contribution in [1.29, 1.82) is 0 Å². The lowest BCUT2D eigenvalue weighted by Gasteiger charge is -2.47. The van der Waals surface area contributed by atoms with Gasteiger partial charge in [-0.1, -0.05) is 12.1 Å². The van der Waals surface area contributed by atoms with Crippen molar-refractivity contribution in [2.75, 3.05) is 6.61 Å². The van der Waals surface area contributed by atoms with Gasteiger partial charge in [0.1, 0.15) is 29.7 Å². The standard InChI is InChI=1S/C27H21F3O8/c28-17-8-4-14(5-9-17)24(31)36-22-21-20(13-34-27(38-21)16-2-1-3-19(30)12-16)35-26(33)23(22)37-25(32)15-6-10-18(29)11-7-15/h1-12,20-23,26-27,33H,13H2/t20-,21+,22+,23-,26?,27+/m1/s1. The highest BCUT2D eigenvalue weighted by atomic mass is 19.1. The minimum absolute atomic E-state index is 0.0127. The highest BCUT2D eigenvalue weighted by Gasteiger charge is 2.53. The molecule has 0 spiro atoms. The number of fused-ring (bicyclic) bond motifs is 1. The summed E-state index contributed by atoms with van der Waals surface area (Å²) in [5.74, 6) is -3.54. The molecule has 1 N–H and O–H groups in total. The van der Waals surface area contributed by atoms with Crippen molar-refractivity contribution in [3.63, 3.8) is 0 Å². The predicted molar refractivity (Wildman–Crippen MR) is 122 cm³/mol. The average Bonchev–Trinajstić information content (AvgIpc) is 2.91. The van der Waals surface area contributed by atoms with Gasteiger partial charge in [0.15, 0.2) is 24.8 Å². The van der Waals surface area contributed by atoms with Gasteiger partial charge < -0.3 is 28.8 Å². The van der Waals surface area contributed by atoms with E-state index in [-0.39, 0.29) is 17.7 Å². The van der Waals surface area contributed by atoms with Crippen LogP contribution in [0.5, 0.6) is 0 Å². The van der Waals surface area contributed by atoms with Crippen molar-refractivity contribution in [1.82, 2.24) is 0 Å². The Balaban J connectivity index is 1.44. The molecule has 0 aromatic heterocycles. The fourth-order valence-corrected chi connectivity index (χ4v) is 4.20. The van der Waals surface area contributed by atoms with Crippen LogP contribution in [0.25, 0.3) is 0 Å². The number of hydrogen-bond acceptors (Lipinski definition) is 8. The lowest BCUT2D eigenvalue weighted by Crippen LogP contribution is -2.63. The highest BCUT2D eigenvalue weighted by Crippen LogP contribution is 2.36. The van der Waals surface area contributed by atoms with E-state index in [1.807, 2.05) is 0 Å². The van der Waals surface area contributed by atoms with Crippen LogP contribution in [0.4, 0.5) is 13.2 Å². The molecule has 2 aliphatic heterocycles. The van der Waals surface area contributed by atoms with E-state index in [0.29, 0.717) is 5.56 Å². The van der Waals surface area contributed by atoms with Gasteiger partial charge in [0, 0.05) is 5.56 Å². The van der Waals surface area contributed by atoms with E-state index < -0.39 is 66.4 Å². The Morgan fingerprint density at radius 3 is 1.92 bits per heavy atom. The molecule has 0 saturated carbocycles. The monoisotopic (exact) mass is 530 g/mol. The van der Waals surface area contributed by atoms with Crippen LogP contribution in [0.15, 0.2) is 72.8 Å². The lowest BCUT2D eigenvalue weighted by molar-refractivity contribution is -0.353. The molecule has 38 heavy (non-hydrogen) atoms. The third-order valence-electron chi connectivity index (χ3n) is 6.07. The van der Waals surface area contributed by atoms with Gasteiger partial charge in [0.2, 0.25) is 0 Å². The van der Waals surface area contributed by atoms with Crippen LogP contribution in [-0.2, 0) is 23.7 Å². The SMILES string of the molecule is O=C(O[C@H]1[C@H]2O[C@@H](c3cccc(F)c3)OC[C@H]2OC(O)[C@@H]1OC(=O)c1ccc(F)cc1)c1ccc(F)cc1. The molecule has 5 rings (SSSR count). The largest absolute Gasteiger partial charge is 0.452 e. The van der Waals surface area contributed by atoms with Crippen LogP contribution in [0.1, 0.15) is 32.6 Å². The van der Waals surface area contributed by atoms with E-state index in [1.165, 1.54) is 42.5 Å². The molecule has 3 aromatic rings. The second-order valence-electron chi connectivity index (χ2n) is 8.64. The fraction of sp³-hybridized carbons (Fsp3) is 0.259. The molecule has 0 amide bonds. The van der Waals surface area contributed by atoms with Crippen LogP contribution in [0, 0.1) is 17.5 Å². The first-order chi connectivity index (χ1) is 18.3. The minimum Gasteiger partial charge on any atom is -0.452 e. The number of carbonyl (C=O) groups excluding carboxylic acids is 2. The molecule has 2 heterocycles. The zero-order valence-electron chi connectivity index (χ0n) is 19.5. The van der Waals surface area contributed by atoms with Crippen LogP contribution in [-0.4, -0.2) is 54.4 Å². The molecule has 8 nitrogen and oxygen atoms in total. The second kappa shape index (κ2) is 10.9. The maximum atomic E-state index is 13.8. The summed E-state index contributed by atoms with van der Waals surface area (Å²) in [6, 6.07) is 14.5. The van der Waals surface area contributed by atoms with E-state index >= 15 is 0 Å². The normalized spacial score (nSPS) is 26.7. The first-order valence-corrected chi connectivity index (χ1v) is 11.6. The number of rotatable bonds is 5. The molecule has 2 saturated heterocycles. The molecule has 0 bridgehead atoms. The molecular formula is C27H21F3O8. The summed E-state index contributed by atoms with van der Waals surface area (Å²) in [7, 11) is 0. The third-order valence-corrected chi connectivity index (χ3v) is 6.07. The van der Waals surface area contributed by atoms with Crippen LogP contribution in [0.3, 0.4) is 0 Å². The molecule has 2 fully saturated rings. The van der Waals surface area contributed by atoms with Crippen LogP contribution in [0.2, 0.25) is 0 Å². The number of ether oxygens (including phenoxy) is 5. The number of esters is 2. The minimum atomic E-state index is -1.76. The maximum absolute atomic E-state index is 13.8. The van der Waals surface area contributed by atoms with Gasteiger partial charge in [-0.15, -0.1) is 0 Å². The molecular weight excluding hydrogens is 509 g/mol. The molecule has 0 radical (unpaired) electrons. The van der Waals surface area contributed by atoms with Crippen molar-refractivity contribution in [3.8, 4) is 0 Å². The predicted octanol–water partition coefficient (Wildman–Crippen LogP) is 3.69. The maximum Gasteiger partial charge on any atom is 0.338 e.